The minimum absolute atomic E-state index is 0.219. The molecule has 0 saturated carbocycles. The molecule has 0 aliphatic carbocycles. The molecule has 0 aromatic heterocycles. The molecular weight excluding hydrogens is 326 g/mol. The van der Waals surface area contributed by atoms with Gasteiger partial charge in [0.2, 0.25) is 0 Å². The van der Waals surface area contributed by atoms with Crippen LogP contribution in [0.5, 0.6) is 11.5 Å². The van der Waals surface area contributed by atoms with Gasteiger partial charge >= 0.3 is 0 Å². The zero-order valence-corrected chi connectivity index (χ0v) is 15.3. The quantitative estimate of drug-likeness (QED) is 0.766. The smallest absolute Gasteiger partial charge is 0.264 e. The third-order valence-electron chi connectivity index (χ3n) is 3.61. The van der Waals surface area contributed by atoms with E-state index in [1.165, 1.54) is 11.4 Å². The molecule has 0 spiro atoms. The molecule has 2 aromatic rings. The van der Waals surface area contributed by atoms with Crippen LogP contribution in [0.2, 0.25) is 0 Å². The number of hydrogen-bond acceptors (Lipinski definition) is 4. The molecule has 0 heterocycles. The van der Waals surface area contributed by atoms with E-state index in [0.717, 1.165) is 5.56 Å². The van der Waals surface area contributed by atoms with Gasteiger partial charge in [-0.05, 0) is 62.7 Å². The van der Waals surface area contributed by atoms with E-state index in [9.17, 15) is 8.42 Å². The molecule has 6 heteroatoms. The maximum Gasteiger partial charge on any atom is 0.264 e. The molecule has 24 heavy (non-hydrogen) atoms. The first-order chi connectivity index (χ1) is 11.4. The topological polar surface area (TPSA) is 55.8 Å². The lowest BCUT2D eigenvalue weighted by molar-refractivity contribution is 0.340. The fraction of sp³-hybridized carbons (Fsp3) is 0.333. The van der Waals surface area contributed by atoms with Gasteiger partial charge in [0.25, 0.3) is 10.0 Å². The molecule has 0 radical (unpaired) electrons. The van der Waals surface area contributed by atoms with Gasteiger partial charge in [0.1, 0.15) is 11.5 Å². The monoisotopic (exact) mass is 349 g/mol. The Morgan fingerprint density at radius 2 is 1.71 bits per heavy atom. The van der Waals surface area contributed by atoms with Crippen molar-refractivity contribution in [3.63, 3.8) is 0 Å². The Morgan fingerprint density at radius 3 is 2.25 bits per heavy atom. The largest absolute Gasteiger partial charge is 0.495 e. The van der Waals surface area contributed by atoms with Crippen molar-refractivity contribution in [2.45, 2.75) is 25.7 Å². The fourth-order valence-electron chi connectivity index (χ4n) is 2.47. The maximum absolute atomic E-state index is 13.0. The highest BCUT2D eigenvalue weighted by Gasteiger charge is 2.26. The van der Waals surface area contributed by atoms with Gasteiger partial charge < -0.3 is 9.47 Å². The number of benzene rings is 2. The van der Waals surface area contributed by atoms with Crippen molar-refractivity contribution in [2.24, 2.45) is 0 Å². The van der Waals surface area contributed by atoms with E-state index in [4.69, 9.17) is 9.47 Å². The second-order valence-electron chi connectivity index (χ2n) is 5.25. The summed E-state index contributed by atoms with van der Waals surface area (Å²) in [6, 6.07) is 11.9. The lowest BCUT2D eigenvalue weighted by Gasteiger charge is -2.25. The Bertz CT molecular complexity index is 785. The van der Waals surface area contributed by atoms with E-state index in [0.29, 0.717) is 30.3 Å². The first-order valence-electron chi connectivity index (χ1n) is 7.84. The Morgan fingerprint density at radius 1 is 1.04 bits per heavy atom. The van der Waals surface area contributed by atoms with Crippen molar-refractivity contribution in [1.82, 2.24) is 0 Å². The first-order valence-corrected chi connectivity index (χ1v) is 9.28. The molecular formula is C18H23NO4S. The van der Waals surface area contributed by atoms with Crippen LogP contribution in [0.25, 0.3) is 0 Å². The number of rotatable bonds is 7. The van der Waals surface area contributed by atoms with Crippen LogP contribution >= 0.6 is 0 Å². The minimum atomic E-state index is -3.69. The van der Waals surface area contributed by atoms with Gasteiger partial charge in [0, 0.05) is 6.54 Å². The third-order valence-corrected chi connectivity index (χ3v) is 5.52. The Hall–Kier alpha value is -2.21. The lowest BCUT2D eigenvalue weighted by Crippen LogP contribution is -2.31. The van der Waals surface area contributed by atoms with Crippen molar-refractivity contribution >= 4 is 15.7 Å². The summed E-state index contributed by atoms with van der Waals surface area (Å²) in [7, 11) is -2.15. The van der Waals surface area contributed by atoms with Crippen LogP contribution in [-0.4, -0.2) is 28.7 Å². The molecule has 2 rings (SSSR count). The minimum Gasteiger partial charge on any atom is -0.495 e. The predicted molar refractivity (Wildman–Crippen MR) is 95.5 cm³/mol. The standard InChI is InChI=1S/C18H23NO4S/c1-5-19(17-13-14(3)7-12-18(17)22-4)24(20,21)16-10-8-15(9-11-16)23-6-2/h7-13H,5-6H2,1-4H3. The van der Waals surface area contributed by atoms with E-state index in [2.05, 4.69) is 0 Å². The number of anilines is 1. The molecule has 0 N–H and O–H groups in total. The second kappa shape index (κ2) is 7.57. The highest BCUT2D eigenvalue weighted by molar-refractivity contribution is 7.92. The van der Waals surface area contributed by atoms with Crippen molar-refractivity contribution in [1.29, 1.82) is 0 Å². The molecule has 0 saturated heterocycles. The summed E-state index contributed by atoms with van der Waals surface area (Å²) in [5.41, 5.74) is 1.50. The van der Waals surface area contributed by atoms with Gasteiger partial charge in [-0.3, -0.25) is 4.31 Å². The number of aryl methyl sites for hydroxylation is 1. The molecule has 0 atom stereocenters. The zero-order valence-electron chi connectivity index (χ0n) is 14.4. The molecule has 0 bridgehead atoms. The van der Waals surface area contributed by atoms with Crippen LogP contribution in [0.1, 0.15) is 19.4 Å². The van der Waals surface area contributed by atoms with Crippen LogP contribution in [-0.2, 0) is 10.0 Å². The van der Waals surface area contributed by atoms with Gasteiger partial charge in [-0.15, -0.1) is 0 Å². The molecule has 0 fully saturated rings. The second-order valence-corrected chi connectivity index (χ2v) is 7.11. The summed E-state index contributed by atoms with van der Waals surface area (Å²) in [5, 5.41) is 0. The SMILES string of the molecule is CCOc1ccc(S(=O)(=O)N(CC)c2cc(C)ccc2OC)cc1. The highest BCUT2D eigenvalue weighted by atomic mass is 32.2. The number of nitrogens with zero attached hydrogens (tertiary/aromatic N) is 1. The number of hydrogen-bond donors (Lipinski definition) is 0. The van der Waals surface area contributed by atoms with Gasteiger partial charge in [0.15, 0.2) is 0 Å². The average Bonchev–Trinajstić information content (AvgIpc) is 2.56. The summed E-state index contributed by atoms with van der Waals surface area (Å²) < 4.78 is 38.1. The van der Waals surface area contributed by atoms with Crippen LogP contribution in [0, 0.1) is 6.92 Å². The Kier molecular flexibility index (Phi) is 5.72. The molecule has 0 aliphatic heterocycles. The van der Waals surface area contributed by atoms with E-state index < -0.39 is 10.0 Å². The summed E-state index contributed by atoms with van der Waals surface area (Å²) >= 11 is 0. The molecule has 0 aliphatic rings. The Balaban J connectivity index is 2.47. The molecule has 2 aromatic carbocycles. The predicted octanol–water partition coefficient (Wildman–Crippen LogP) is 3.62. The molecule has 5 nitrogen and oxygen atoms in total. The third kappa shape index (κ3) is 3.64. The van der Waals surface area contributed by atoms with Crippen LogP contribution in [0.15, 0.2) is 47.4 Å². The van der Waals surface area contributed by atoms with Gasteiger partial charge in [-0.25, -0.2) is 8.42 Å². The Labute approximate surface area is 143 Å². The highest BCUT2D eigenvalue weighted by Crippen LogP contribution is 2.33. The van der Waals surface area contributed by atoms with E-state index in [-0.39, 0.29) is 4.90 Å². The number of methoxy groups -OCH3 is 1. The summed E-state index contributed by atoms with van der Waals surface area (Å²) in [5.74, 6) is 1.17. The fourth-order valence-corrected chi connectivity index (χ4v) is 3.94. The molecule has 130 valence electrons. The molecule has 0 unspecified atom stereocenters. The number of ether oxygens (including phenoxy) is 2. The summed E-state index contributed by atoms with van der Waals surface area (Å²) in [6.45, 7) is 6.44. The van der Waals surface area contributed by atoms with E-state index in [1.54, 1.807) is 37.3 Å². The van der Waals surface area contributed by atoms with Crippen molar-refractivity contribution in [3.8, 4) is 11.5 Å². The summed E-state index contributed by atoms with van der Waals surface area (Å²) in [6.07, 6.45) is 0. The van der Waals surface area contributed by atoms with Crippen molar-refractivity contribution in [2.75, 3.05) is 24.6 Å². The van der Waals surface area contributed by atoms with Crippen LogP contribution < -0.4 is 13.8 Å². The van der Waals surface area contributed by atoms with E-state index in [1.807, 2.05) is 26.0 Å². The van der Waals surface area contributed by atoms with Crippen LogP contribution in [0.3, 0.4) is 0 Å². The van der Waals surface area contributed by atoms with Gasteiger partial charge in [-0.2, -0.15) is 0 Å². The van der Waals surface area contributed by atoms with Crippen molar-refractivity contribution < 1.29 is 17.9 Å². The van der Waals surface area contributed by atoms with Crippen molar-refractivity contribution in [3.05, 3.63) is 48.0 Å². The normalized spacial score (nSPS) is 11.2. The van der Waals surface area contributed by atoms with Gasteiger partial charge in [0.05, 0.1) is 24.3 Å². The van der Waals surface area contributed by atoms with Crippen LogP contribution in [0.4, 0.5) is 5.69 Å². The molecule has 0 amide bonds. The number of sulfonamides is 1. The maximum atomic E-state index is 13.0. The summed E-state index contributed by atoms with van der Waals surface area (Å²) in [4.78, 5) is 0.219. The van der Waals surface area contributed by atoms with E-state index >= 15 is 0 Å². The first kappa shape index (κ1) is 18.1. The lowest BCUT2D eigenvalue weighted by atomic mass is 10.2. The average molecular weight is 349 g/mol. The van der Waals surface area contributed by atoms with Gasteiger partial charge in [-0.1, -0.05) is 6.07 Å². The zero-order chi connectivity index (χ0) is 17.7.